The fourth-order valence-corrected chi connectivity index (χ4v) is 9.86. The standard InChI is InChI=1S/C45H74N8O21S/c1-26(54)25-75-31-16-36(59)53(43(31)64)5-4-52-19-27(46-2-6-65-8-10-67-12-14-69-21-32(55)48-17-29-39(60)41(62)37-44(73-29)71-23-34(57)50-37)28(20-52)47-3-7-66-9-11-68-13-15-70-22-33(56)49-18-30-40(61)42(63)38-45(74-30)72-24-35(58)51-38/h27-31,37-42,44-47,60-63H,2-25H2,1H3,(H,48,55)(H,49,56)(H,50,57)(H,51,58)/t27?,28?,29-,30?,31?,37-,38-,39+,40+,41-,42-,44?,45+/m1/s1. The molecule has 0 aromatic carbocycles. The number of hydrogen-bond donors (Lipinski definition) is 10. The van der Waals surface area contributed by atoms with Gasteiger partial charge in [0.25, 0.3) is 0 Å². The maximum Gasteiger partial charge on any atom is 0.246 e. The highest BCUT2D eigenvalue weighted by atomic mass is 32.2. The fourth-order valence-electron chi connectivity index (χ4n) is 8.89. The average molecular weight is 1100 g/mol. The Kier molecular flexibility index (Phi) is 25.6. The van der Waals surface area contributed by atoms with Crippen molar-refractivity contribution in [3.63, 3.8) is 0 Å². The number of rotatable bonds is 34. The molecule has 6 aliphatic heterocycles. The lowest BCUT2D eigenvalue weighted by Gasteiger charge is -2.44. The van der Waals surface area contributed by atoms with Crippen LogP contribution in [0.25, 0.3) is 0 Å². The molecule has 0 aliphatic carbocycles. The molecule has 0 spiro atoms. The predicted molar refractivity (Wildman–Crippen MR) is 256 cm³/mol. The SMILES string of the molecule is CC(=O)CSC1CC(=O)N(CCN2CC(NCCOCCOCCOCC(=O)NCC3O[C@@H]4OCC(=O)N[C@@H]4[C@@H](O)[C@H]3O)C(NCCOCCOCCOCC(=O)NC[C@H]3OC4OCC(=O)N[C@@H]4[C@@H](O)[C@H]3O)C2)C1=O. The number of ether oxygens (including phenoxy) is 10. The van der Waals surface area contributed by atoms with E-state index in [1.165, 1.54) is 23.6 Å². The van der Waals surface area contributed by atoms with Crippen molar-refractivity contribution in [1.82, 2.24) is 41.7 Å². The summed E-state index contributed by atoms with van der Waals surface area (Å²) < 4.78 is 55.2. The first-order chi connectivity index (χ1) is 36.2. The van der Waals surface area contributed by atoms with Crippen LogP contribution in [0.15, 0.2) is 0 Å². The lowest BCUT2D eigenvalue weighted by molar-refractivity contribution is -0.271. The third kappa shape index (κ3) is 19.3. The van der Waals surface area contributed by atoms with E-state index in [9.17, 15) is 54.0 Å². The van der Waals surface area contributed by atoms with Gasteiger partial charge in [-0.1, -0.05) is 0 Å². The topological polar surface area (TPSA) is 371 Å². The largest absolute Gasteiger partial charge is 0.388 e. The number of ketones is 1. The Labute approximate surface area is 437 Å². The Morgan fingerprint density at radius 2 is 1.07 bits per heavy atom. The number of carbonyl (C=O) groups is 7. The number of morpholine rings is 2. The van der Waals surface area contributed by atoms with Crippen LogP contribution >= 0.6 is 11.8 Å². The zero-order valence-electron chi connectivity index (χ0n) is 42.0. The Bertz CT molecular complexity index is 1770. The lowest BCUT2D eigenvalue weighted by atomic mass is 9.96. The molecule has 0 bridgehead atoms. The average Bonchev–Trinajstić information content (AvgIpc) is 3.91. The summed E-state index contributed by atoms with van der Waals surface area (Å²) in [6.07, 6.45) is -9.13. The second-order valence-corrected chi connectivity index (χ2v) is 19.7. The molecular formula is C45H74N8O21S. The number of nitrogens with zero attached hydrogens (tertiary/aromatic N) is 2. The molecule has 0 aromatic heterocycles. The van der Waals surface area contributed by atoms with Gasteiger partial charge in [0.05, 0.1) is 77.1 Å². The van der Waals surface area contributed by atoms with E-state index in [1.54, 1.807) is 0 Å². The van der Waals surface area contributed by atoms with Crippen molar-refractivity contribution in [3.8, 4) is 0 Å². The molecule has 6 amide bonds. The Morgan fingerprint density at radius 1 is 0.627 bits per heavy atom. The third-order valence-corrected chi connectivity index (χ3v) is 14.1. The van der Waals surface area contributed by atoms with E-state index in [2.05, 4.69) is 36.8 Å². The van der Waals surface area contributed by atoms with Gasteiger partial charge in [0, 0.05) is 70.9 Å². The number of Topliss-reactive ketones (excluding diaryl/α,β-unsaturated/α-hetero) is 1. The number of aliphatic hydroxyl groups excluding tert-OH is 4. The molecule has 0 radical (unpaired) electrons. The zero-order chi connectivity index (χ0) is 53.7. The fraction of sp³-hybridized carbons (Fsp3) is 0.844. The molecule has 0 saturated carbocycles. The van der Waals surface area contributed by atoms with Gasteiger partial charge in [-0.3, -0.25) is 43.4 Å². The van der Waals surface area contributed by atoms with Gasteiger partial charge < -0.3 is 99.7 Å². The summed E-state index contributed by atoms with van der Waals surface area (Å²) >= 11 is 1.20. The molecular weight excluding hydrogens is 1020 g/mol. The summed E-state index contributed by atoms with van der Waals surface area (Å²) in [6.45, 7) is 6.02. The minimum Gasteiger partial charge on any atom is -0.388 e. The Morgan fingerprint density at radius 3 is 1.52 bits per heavy atom. The van der Waals surface area contributed by atoms with E-state index in [0.717, 1.165) is 0 Å². The van der Waals surface area contributed by atoms with Gasteiger partial charge in [-0.25, -0.2) is 0 Å². The van der Waals surface area contributed by atoms with Crippen LogP contribution in [0.4, 0.5) is 0 Å². The number of thioether (sulfide) groups is 1. The first-order valence-corrected chi connectivity index (χ1v) is 26.2. The predicted octanol–water partition coefficient (Wildman–Crippen LogP) is -8.08. The van der Waals surface area contributed by atoms with Gasteiger partial charge in [-0.15, -0.1) is 11.8 Å². The van der Waals surface area contributed by atoms with Crippen molar-refractivity contribution in [3.05, 3.63) is 0 Å². The van der Waals surface area contributed by atoms with Gasteiger partial charge in [0.2, 0.25) is 35.4 Å². The zero-order valence-corrected chi connectivity index (χ0v) is 42.8. The summed E-state index contributed by atoms with van der Waals surface area (Å²) in [5.41, 5.74) is 0. The van der Waals surface area contributed by atoms with Crippen LogP contribution in [-0.4, -0.2) is 301 Å². The smallest absolute Gasteiger partial charge is 0.246 e. The van der Waals surface area contributed by atoms with Gasteiger partial charge in [0.15, 0.2) is 12.6 Å². The van der Waals surface area contributed by atoms with Crippen LogP contribution < -0.4 is 31.9 Å². The van der Waals surface area contributed by atoms with Crippen molar-refractivity contribution >= 4 is 53.0 Å². The molecule has 13 atom stereocenters. The molecule has 6 fully saturated rings. The van der Waals surface area contributed by atoms with E-state index in [-0.39, 0.29) is 114 Å². The molecule has 0 aromatic rings. The minimum atomic E-state index is -1.36. The number of nitrogens with one attached hydrogen (secondary N) is 6. The number of imide groups is 1. The number of aliphatic hydroxyl groups is 4. The summed E-state index contributed by atoms with van der Waals surface area (Å²) in [5.74, 6) is -2.17. The van der Waals surface area contributed by atoms with Gasteiger partial charge in [-0.2, -0.15) is 0 Å². The molecule has 10 N–H and O–H groups in total. The molecule has 6 saturated heterocycles. The van der Waals surface area contributed by atoms with Gasteiger partial charge in [0.1, 0.15) is 80.9 Å². The molecule has 6 aliphatic rings. The van der Waals surface area contributed by atoms with Crippen LogP contribution in [-0.2, 0) is 80.9 Å². The monoisotopic (exact) mass is 1090 g/mol. The highest BCUT2D eigenvalue weighted by Gasteiger charge is 2.49. The summed E-state index contributed by atoms with van der Waals surface area (Å²) in [4.78, 5) is 88.3. The summed E-state index contributed by atoms with van der Waals surface area (Å²) in [5, 5.41) is 58.2. The quantitative estimate of drug-likeness (QED) is 0.0211. The van der Waals surface area contributed by atoms with Crippen molar-refractivity contribution in [2.24, 2.45) is 0 Å². The lowest BCUT2D eigenvalue weighted by Crippen LogP contribution is -2.68. The molecule has 426 valence electrons. The number of carbonyl (C=O) groups excluding carboxylic acids is 7. The van der Waals surface area contributed by atoms with Crippen molar-refractivity contribution < 1.29 is 101 Å². The molecule has 6 heterocycles. The molecule has 30 heteroatoms. The first kappa shape index (κ1) is 60.6. The minimum absolute atomic E-state index is 0.00689. The highest BCUT2D eigenvalue weighted by molar-refractivity contribution is 8.01. The second-order valence-electron chi connectivity index (χ2n) is 18.5. The number of amides is 6. The number of hydrogen-bond acceptors (Lipinski definition) is 25. The van der Waals surface area contributed by atoms with Crippen LogP contribution in [0.1, 0.15) is 13.3 Å². The molecule has 75 heavy (non-hydrogen) atoms. The van der Waals surface area contributed by atoms with Crippen LogP contribution in [0.3, 0.4) is 0 Å². The van der Waals surface area contributed by atoms with Gasteiger partial charge >= 0.3 is 0 Å². The summed E-state index contributed by atoms with van der Waals surface area (Å²) in [7, 11) is 0. The van der Waals surface area contributed by atoms with Gasteiger partial charge in [-0.05, 0) is 6.92 Å². The highest BCUT2D eigenvalue weighted by Crippen LogP contribution is 2.27. The molecule has 29 nitrogen and oxygen atoms in total. The van der Waals surface area contributed by atoms with E-state index in [1.807, 2.05) is 0 Å². The number of likely N-dealkylation sites (tertiary alicyclic amines) is 2. The van der Waals surface area contributed by atoms with Crippen molar-refractivity contribution in [2.45, 2.75) is 92.0 Å². The third-order valence-electron chi connectivity index (χ3n) is 12.8. The normalized spacial score (nSPS) is 30.9. The van der Waals surface area contributed by atoms with Crippen molar-refractivity contribution in [2.75, 3.05) is 151 Å². The maximum atomic E-state index is 13.0. The van der Waals surface area contributed by atoms with Crippen LogP contribution in [0.5, 0.6) is 0 Å². The van der Waals surface area contributed by atoms with E-state index in [4.69, 9.17) is 47.4 Å². The van der Waals surface area contributed by atoms with Crippen molar-refractivity contribution in [1.29, 1.82) is 0 Å². The maximum absolute atomic E-state index is 13.0. The Balaban J connectivity index is 0.789. The molecule has 6 rings (SSSR count). The first-order valence-electron chi connectivity index (χ1n) is 25.2. The number of fused-ring (bicyclic) bond motifs is 2. The van der Waals surface area contributed by atoms with Crippen LogP contribution in [0, 0.1) is 0 Å². The molecule has 5 unspecified atom stereocenters. The second kappa shape index (κ2) is 31.7. The summed E-state index contributed by atoms with van der Waals surface area (Å²) in [6, 6.07) is -1.82. The van der Waals surface area contributed by atoms with E-state index in [0.29, 0.717) is 72.4 Å². The van der Waals surface area contributed by atoms with E-state index >= 15 is 0 Å². The van der Waals surface area contributed by atoms with Crippen LogP contribution in [0.2, 0.25) is 0 Å². The van der Waals surface area contributed by atoms with E-state index < -0.39 is 90.2 Å². The Hall–Kier alpha value is -3.64.